The second kappa shape index (κ2) is 7.13. The predicted molar refractivity (Wildman–Crippen MR) is 101 cm³/mol. The first-order valence-corrected chi connectivity index (χ1v) is 9.37. The molecule has 0 saturated heterocycles. The molecular formula is C18H16ClN3O2S. The first-order valence-electron chi connectivity index (χ1n) is 7.51. The van der Waals surface area contributed by atoms with Crippen LogP contribution in [0.1, 0.15) is 5.56 Å². The molecule has 1 aromatic heterocycles. The van der Waals surface area contributed by atoms with Crippen molar-refractivity contribution in [2.24, 2.45) is 0 Å². The summed E-state index contributed by atoms with van der Waals surface area (Å²) in [4.78, 5) is 4.22. The van der Waals surface area contributed by atoms with Crippen molar-refractivity contribution in [2.45, 2.75) is 11.8 Å². The number of nitrogens with one attached hydrogen (secondary N) is 2. The highest BCUT2D eigenvalue weighted by Crippen LogP contribution is 2.25. The molecule has 0 atom stereocenters. The highest BCUT2D eigenvalue weighted by molar-refractivity contribution is 7.92. The lowest BCUT2D eigenvalue weighted by molar-refractivity contribution is 0.601. The average molecular weight is 374 g/mol. The summed E-state index contributed by atoms with van der Waals surface area (Å²) in [6.07, 6.45) is 1.53. The fourth-order valence-electron chi connectivity index (χ4n) is 2.20. The summed E-state index contributed by atoms with van der Waals surface area (Å²) in [7, 11) is -3.79. The van der Waals surface area contributed by atoms with Crippen molar-refractivity contribution < 1.29 is 8.42 Å². The van der Waals surface area contributed by atoms with Gasteiger partial charge in [-0.2, -0.15) is 0 Å². The number of rotatable bonds is 5. The Hall–Kier alpha value is -2.57. The van der Waals surface area contributed by atoms with Crippen LogP contribution >= 0.6 is 11.6 Å². The third kappa shape index (κ3) is 4.29. The smallest absolute Gasteiger partial charge is 0.265 e. The first-order chi connectivity index (χ1) is 11.9. The lowest BCUT2D eigenvalue weighted by Crippen LogP contribution is -2.15. The summed E-state index contributed by atoms with van der Waals surface area (Å²) >= 11 is 5.87. The molecule has 3 aromatic rings. The van der Waals surface area contributed by atoms with Gasteiger partial charge in [-0.3, -0.25) is 4.72 Å². The number of aryl methyl sites for hydroxylation is 1. The van der Waals surface area contributed by atoms with Crippen LogP contribution in [0.5, 0.6) is 0 Å². The standard InChI is InChI=1S/C18H16ClN3O2S/c1-13-4-8-16(9-5-13)22-25(23,24)17-3-2-12-20-18(17)21-15-10-6-14(19)7-11-15/h2-12,22H,1H3,(H,20,21). The largest absolute Gasteiger partial charge is 0.339 e. The average Bonchev–Trinajstić information content (AvgIpc) is 2.59. The van der Waals surface area contributed by atoms with Crippen molar-refractivity contribution in [3.05, 3.63) is 77.4 Å². The van der Waals surface area contributed by atoms with E-state index in [1.54, 1.807) is 42.5 Å². The topological polar surface area (TPSA) is 71.1 Å². The number of hydrogen-bond donors (Lipinski definition) is 2. The van der Waals surface area contributed by atoms with E-state index in [0.29, 0.717) is 16.4 Å². The molecule has 25 heavy (non-hydrogen) atoms. The Balaban J connectivity index is 1.90. The molecule has 1 heterocycles. The quantitative estimate of drug-likeness (QED) is 0.686. The van der Waals surface area contributed by atoms with E-state index in [1.807, 2.05) is 19.1 Å². The van der Waals surface area contributed by atoms with Gasteiger partial charge >= 0.3 is 0 Å². The summed E-state index contributed by atoms with van der Waals surface area (Å²) in [6, 6.07) is 17.1. The van der Waals surface area contributed by atoms with Gasteiger partial charge in [0.05, 0.1) is 0 Å². The normalized spacial score (nSPS) is 11.1. The van der Waals surface area contributed by atoms with Crippen molar-refractivity contribution in [1.82, 2.24) is 4.98 Å². The number of hydrogen-bond acceptors (Lipinski definition) is 4. The molecule has 0 aliphatic heterocycles. The molecule has 0 aliphatic rings. The number of sulfonamides is 1. The highest BCUT2D eigenvalue weighted by atomic mass is 35.5. The molecule has 0 unspecified atom stereocenters. The van der Waals surface area contributed by atoms with Crippen LogP contribution < -0.4 is 10.0 Å². The molecule has 0 fully saturated rings. The van der Waals surface area contributed by atoms with E-state index in [-0.39, 0.29) is 10.7 Å². The molecule has 5 nitrogen and oxygen atoms in total. The van der Waals surface area contributed by atoms with Gasteiger partial charge in [-0.1, -0.05) is 29.3 Å². The van der Waals surface area contributed by atoms with Crippen LogP contribution in [0.2, 0.25) is 5.02 Å². The highest BCUT2D eigenvalue weighted by Gasteiger charge is 2.19. The number of aromatic nitrogens is 1. The minimum absolute atomic E-state index is 0.0607. The fraction of sp³-hybridized carbons (Fsp3) is 0.0556. The number of benzene rings is 2. The maximum atomic E-state index is 12.7. The Morgan fingerprint density at radius 1 is 0.920 bits per heavy atom. The van der Waals surface area contributed by atoms with Gasteiger partial charge in [-0.15, -0.1) is 0 Å². The van der Waals surface area contributed by atoms with Crippen LogP contribution in [0, 0.1) is 6.92 Å². The number of nitrogens with zero attached hydrogens (tertiary/aromatic N) is 1. The molecule has 7 heteroatoms. The van der Waals surface area contributed by atoms with Gasteiger partial charge in [-0.25, -0.2) is 13.4 Å². The van der Waals surface area contributed by atoms with Gasteiger partial charge in [0.25, 0.3) is 10.0 Å². The molecule has 2 aromatic carbocycles. The van der Waals surface area contributed by atoms with Crippen LogP contribution in [-0.4, -0.2) is 13.4 Å². The van der Waals surface area contributed by atoms with E-state index in [0.717, 1.165) is 5.56 Å². The Bertz CT molecular complexity index is 972. The number of anilines is 3. The molecular weight excluding hydrogens is 358 g/mol. The van der Waals surface area contributed by atoms with Crippen LogP contribution in [0.3, 0.4) is 0 Å². The number of halogens is 1. The predicted octanol–water partition coefficient (Wildman–Crippen LogP) is 4.59. The summed E-state index contributed by atoms with van der Waals surface area (Å²) in [5.74, 6) is 0.240. The molecule has 0 saturated carbocycles. The SMILES string of the molecule is Cc1ccc(NS(=O)(=O)c2cccnc2Nc2ccc(Cl)cc2)cc1. The Morgan fingerprint density at radius 2 is 1.56 bits per heavy atom. The maximum Gasteiger partial charge on any atom is 0.265 e. The van der Waals surface area contributed by atoms with E-state index < -0.39 is 10.0 Å². The zero-order valence-corrected chi connectivity index (χ0v) is 15.0. The second-order valence-corrected chi connectivity index (χ2v) is 7.54. The molecule has 3 rings (SSSR count). The summed E-state index contributed by atoms with van der Waals surface area (Å²) in [5, 5.41) is 3.61. The third-order valence-corrected chi connectivity index (χ3v) is 5.14. The summed E-state index contributed by atoms with van der Waals surface area (Å²) in [6.45, 7) is 1.94. The molecule has 128 valence electrons. The van der Waals surface area contributed by atoms with Gasteiger partial charge in [-0.05, 0) is 55.5 Å². The van der Waals surface area contributed by atoms with Crippen LogP contribution in [0.4, 0.5) is 17.2 Å². The van der Waals surface area contributed by atoms with Crippen LogP contribution in [-0.2, 0) is 10.0 Å². The van der Waals surface area contributed by atoms with Crippen molar-refractivity contribution in [3.63, 3.8) is 0 Å². The van der Waals surface area contributed by atoms with E-state index >= 15 is 0 Å². The Kier molecular flexibility index (Phi) is 4.92. The van der Waals surface area contributed by atoms with Crippen LogP contribution in [0.15, 0.2) is 71.8 Å². The van der Waals surface area contributed by atoms with Crippen molar-refractivity contribution in [1.29, 1.82) is 0 Å². The molecule has 0 radical (unpaired) electrons. The molecule has 0 amide bonds. The number of pyridine rings is 1. The molecule has 0 spiro atoms. The second-order valence-electron chi connectivity index (χ2n) is 5.45. The zero-order valence-electron chi connectivity index (χ0n) is 13.4. The van der Waals surface area contributed by atoms with E-state index in [1.165, 1.54) is 12.3 Å². The summed E-state index contributed by atoms with van der Waals surface area (Å²) in [5.41, 5.74) is 2.23. The van der Waals surface area contributed by atoms with Gasteiger partial charge in [0, 0.05) is 22.6 Å². The molecule has 0 aliphatic carbocycles. The molecule has 0 bridgehead atoms. The summed E-state index contributed by atoms with van der Waals surface area (Å²) < 4.78 is 28.0. The lowest BCUT2D eigenvalue weighted by atomic mass is 10.2. The minimum atomic E-state index is -3.79. The van der Waals surface area contributed by atoms with E-state index in [2.05, 4.69) is 15.0 Å². The minimum Gasteiger partial charge on any atom is -0.339 e. The fourth-order valence-corrected chi connectivity index (χ4v) is 3.50. The first kappa shape index (κ1) is 17.3. The zero-order chi connectivity index (χ0) is 17.9. The van der Waals surface area contributed by atoms with Crippen molar-refractivity contribution >= 4 is 38.8 Å². The van der Waals surface area contributed by atoms with Gasteiger partial charge < -0.3 is 5.32 Å². The van der Waals surface area contributed by atoms with Crippen molar-refractivity contribution in [3.8, 4) is 0 Å². The third-order valence-electron chi connectivity index (χ3n) is 3.47. The van der Waals surface area contributed by atoms with Gasteiger partial charge in [0.1, 0.15) is 4.90 Å². The lowest BCUT2D eigenvalue weighted by Gasteiger charge is -2.13. The van der Waals surface area contributed by atoms with Gasteiger partial charge in [0.2, 0.25) is 0 Å². The van der Waals surface area contributed by atoms with Crippen molar-refractivity contribution in [2.75, 3.05) is 10.0 Å². The Labute approximate surface area is 151 Å². The molecule has 2 N–H and O–H groups in total. The van der Waals surface area contributed by atoms with E-state index in [4.69, 9.17) is 11.6 Å². The van der Waals surface area contributed by atoms with E-state index in [9.17, 15) is 8.42 Å². The Morgan fingerprint density at radius 3 is 2.24 bits per heavy atom. The van der Waals surface area contributed by atoms with Crippen LogP contribution in [0.25, 0.3) is 0 Å². The maximum absolute atomic E-state index is 12.7. The monoisotopic (exact) mass is 373 g/mol. The van der Waals surface area contributed by atoms with Gasteiger partial charge in [0.15, 0.2) is 5.82 Å².